The third-order valence-corrected chi connectivity index (χ3v) is 2.65. The summed E-state index contributed by atoms with van der Waals surface area (Å²) in [4.78, 5) is 4.34. The fraction of sp³-hybridized carbons (Fsp3) is 0.385. The average molecular weight is 231 g/mol. The molecule has 0 fully saturated rings. The molecule has 1 aromatic heterocycles. The molecule has 4 heteroatoms. The number of hydrogen-bond donors (Lipinski definition) is 1. The van der Waals surface area contributed by atoms with Crippen LogP contribution in [0.4, 0.5) is 0 Å². The van der Waals surface area contributed by atoms with E-state index in [0.717, 1.165) is 12.4 Å². The summed E-state index contributed by atoms with van der Waals surface area (Å²) in [6, 6.07) is 8.23. The molecule has 0 aliphatic rings. The highest BCUT2D eigenvalue weighted by atomic mass is 16.5. The molecule has 17 heavy (non-hydrogen) atoms. The number of nitrogens with zero attached hydrogens (tertiary/aromatic N) is 2. The first-order chi connectivity index (χ1) is 8.29. The van der Waals surface area contributed by atoms with Gasteiger partial charge in [0, 0.05) is 0 Å². The summed E-state index contributed by atoms with van der Waals surface area (Å²) in [7, 11) is 0. The number of aryl methyl sites for hydroxylation is 1. The topological polar surface area (TPSA) is 51.0 Å². The molecular weight excluding hydrogens is 214 g/mol. The first kappa shape index (κ1) is 11.8. The monoisotopic (exact) mass is 231 g/mol. The van der Waals surface area contributed by atoms with E-state index < -0.39 is 0 Å². The van der Waals surface area contributed by atoms with Crippen molar-refractivity contribution >= 4 is 0 Å². The number of nitrogens with one attached hydrogen (secondary N) is 1. The largest absolute Gasteiger partial charge is 0.339 e. The molecule has 0 aliphatic carbocycles. The average Bonchev–Trinajstić information content (AvgIpc) is 2.77. The van der Waals surface area contributed by atoms with Gasteiger partial charge < -0.3 is 9.84 Å². The van der Waals surface area contributed by atoms with Crippen LogP contribution in [0.15, 0.2) is 28.8 Å². The molecule has 1 N–H and O–H groups in total. The van der Waals surface area contributed by atoms with Crippen molar-refractivity contribution in [2.24, 2.45) is 0 Å². The predicted molar refractivity (Wildman–Crippen MR) is 65.7 cm³/mol. The van der Waals surface area contributed by atoms with Crippen molar-refractivity contribution in [2.75, 3.05) is 6.54 Å². The fourth-order valence-corrected chi connectivity index (χ4v) is 1.64. The molecular formula is C13H17N3O. The van der Waals surface area contributed by atoms with E-state index in [1.54, 1.807) is 0 Å². The summed E-state index contributed by atoms with van der Waals surface area (Å²) in [5, 5.41) is 7.10. The van der Waals surface area contributed by atoms with Crippen LogP contribution in [-0.2, 0) is 13.0 Å². The Labute approximate surface area is 101 Å². The molecule has 4 nitrogen and oxygen atoms in total. The highest BCUT2D eigenvalue weighted by molar-refractivity contribution is 5.27. The number of rotatable bonds is 5. The van der Waals surface area contributed by atoms with E-state index in [-0.39, 0.29) is 0 Å². The summed E-state index contributed by atoms with van der Waals surface area (Å²) in [6.07, 6.45) is 0.700. The third kappa shape index (κ3) is 3.14. The van der Waals surface area contributed by atoms with Crippen LogP contribution in [0.25, 0.3) is 0 Å². The molecule has 2 aromatic rings. The van der Waals surface area contributed by atoms with E-state index in [1.165, 1.54) is 11.1 Å². The highest BCUT2D eigenvalue weighted by Crippen LogP contribution is 2.12. The van der Waals surface area contributed by atoms with Crippen molar-refractivity contribution < 1.29 is 4.52 Å². The second-order valence-electron chi connectivity index (χ2n) is 3.99. The van der Waals surface area contributed by atoms with E-state index in [9.17, 15) is 0 Å². The van der Waals surface area contributed by atoms with Crippen molar-refractivity contribution in [1.82, 2.24) is 15.5 Å². The smallest absolute Gasteiger partial charge is 0.231 e. The summed E-state index contributed by atoms with van der Waals surface area (Å²) >= 11 is 0. The van der Waals surface area contributed by atoms with Crippen molar-refractivity contribution in [1.29, 1.82) is 0 Å². The van der Waals surface area contributed by atoms with Crippen molar-refractivity contribution in [3.63, 3.8) is 0 Å². The van der Waals surface area contributed by atoms with Crippen LogP contribution in [0.5, 0.6) is 0 Å². The van der Waals surface area contributed by atoms with Crippen LogP contribution < -0.4 is 5.32 Å². The Morgan fingerprint density at radius 1 is 1.29 bits per heavy atom. The van der Waals surface area contributed by atoms with Gasteiger partial charge in [0.25, 0.3) is 0 Å². The molecule has 0 aliphatic heterocycles. The molecule has 0 saturated heterocycles. The Morgan fingerprint density at radius 3 is 2.88 bits per heavy atom. The molecule has 0 radical (unpaired) electrons. The van der Waals surface area contributed by atoms with E-state index in [4.69, 9.17) is 4.52 Å². The van der Waals surface area contributed by atoms with E-state index in [2.05, 4.69) is 34.5 Å². The second-order valence-corrected chi connectivity index (χ2v) is 3.99. The van der Waals surface area contributed by atoms with Crippen molar-refractivity contribution in [2.45, 2.75) is 26.8 Å². The molecule has 0 amide bonds. The van der Waals surface area contributed by atoms with Gasteiger partial charge in [-0.15, -0.1) is 0 Å². The first-order valence-corrected chi connectivity index (χ1v) is 5.86. The Balaban J connectivity index is 2.04. The maximum Gasteiger partial charge on any atom is 0.231 e. The minimum Gasteiger partial charge on any atom is -0.339 e. The number of benzene rings is 1. The molecule has 0 bridgehead atoms. The van der Waals surface area contributed by atoms with Gasteiger partial charge in [0.15, 0.2) is 5.82 Å². The van der Waals surface area contributed by atoms with Crippen LogP contribution in [-0.4, -0.2) is 16.7 Å². The van der Waals surface area contributed by atoms with Crippen LogP contribution >= 0.6 is 0 Å². The van der Waals surface area contributed by atoms with Gasteiger partial charge in [-0.25, -0.2) is 0 Å². The summed E-state index contributed by atoms with van der Waals surface area (Å²) in [5.41, 5.74) is 2.48. The number of hydrogen-bond acceptors (Lipinski definition) is 4. The Bertz CT molecular complexity index is 479. The lowest BCUT2D eigenvalue weighted by Gasteiger charge is -2.00. The number of aromatic nitrogens is 2. The fourth-order valence-electron chi connectivity index (χ4n) is 1.64. The summed E-state index contributed by atoms with van der Waals surface area (Å²) in [6.45, 7) is 5.70. The Hall–Kier alpha value is -1.68. The zero-order valence-corrected chi connectivity index (χ0v) is 10.2. The van der Waals surface area contributed by atoms with Gasteiger partial charge in [-0.1, -0.05) is 36.3 Å². The van der Waals surface area contributed by atoms with Gasteiger partial charge in [0.05, 0.1) is 13.0 Å². The molecule has 0 saturated carbocycles. The lowest BCUT2D eigenvalue weighted by atomic mass is 10.1. The van der Waals surface area contributed by atoms with Crippen LogP contribution in [0, 0.1) is 6.92 Å². The molecule has 1 heterocycles. The minimum absolute atomic E-state index is 0.660. The van der Waals surface area contributed by atoms with Gasteiger partial charge >= 0.3 is 0 Å². The lowest BCUT2D eigenvalue weighted by Crippen LogP contribution is -2.12. The SMILES string of the molecule is CCNCc1noc(Cc2ccccc2C)n1. The van der Waals surface area contributed by atoms with Gasteiger partial charge in [-0.2, -0.15) is 4.98 Å². The molecule has 0 unspecified atom stereocenters. The van der Waals surface area contributed by atoms with Crippen molar-refractivity contribution in [3.8, 4) is 0 Å². The molecule has 90 valence electrons. The molecule has 1 aromatic carbocycles. The van der Waals surface area contributed by atoms with Crippen molar-refractivity contribution in [3.05, 3.63) is 47.1 Å². The van der Waals surface area contributed by atoms with Gasteiger partial charge in [0.2, 0.25) is 5.89 Å². The van der Waals surface area contributed by atoms with Crippen LogP contribution in [0.1, 0.15) is 29.8 Å². The van der Waals surface area contributed by atoms with E-state index in [1.807, 2.05) is 19.1 Å². The first-order valence-electron chi connectivity index (χ1n) is 5.86. The van der Waals surface area contributed by atoms with E-state index >= 15 is 0 Å². The quantitative estimate of drug-likeness (QED) is 0.856. The molecule has 0 spiro atoms. The van der Waals surface area contributed by atoms with Gasteiger partial charge in [-0.05, 0) is 24.6 Å². The van der Waals surface area contributed by atoms with E-state index in [0.29, 0.717) is 18.9 Å². The summed E-state index contributed by atoms with van der Waals surface area (Å²) in [5.74, 6) is 1.39. The zero-order chi connectivity index (χ0) is 12.1. The Kier molecular flexibility index (Phi) is 3.88. The van der Waals surface area contributed by atoms with Crippen LogP contribution in [0.2, 0.25) is 0 Å². The minimum atomic E-state index is 0.660. The maximum atomic E-state index is 5.22. The standard InChI is InChI=1S/C13H17N3O/c1-3-14-9-12-15-13(17-16-12)8-11-7-5-4-6-10(11)2/h4-7,14H,3,8-9H2,1-2H3. The normalized spacial score (nSPS) is 10.7. The highest BCUT2D eigenvalue weighted by Gasteiger charge is 2.07. The second kappa shape index (κ2) is 5.59. The third-order valence-electron chi connectivity index (χ3n) is 2.65. The maximum absolute atomic E-state index is 5.22. The molecule has 2 rings (SSSR count). The van der Waals surface area contributed by atoms with Crippen LogP contribution in [0.3, 0.4) is 0 Å². The zero-order valence-electron chi connectivity index (χ0n) is 10.2. The lowest BCUT2D eigenvalue weighted by molar-refractivity contribution is 0.378. The predicted octanol–water partition coefficient (Wildman–Crippen LogP) is 2.08. The molecule has 0 atom stereocenters. The summed E-state index contributed by atoms with van der Waals surface area (Å²) < 4.78 is 5.22. The van der Waals surface area contributed by atoms with Gasteiger partial charge in [0.1, 0.15) is 0 Å². The van der Waals surface area contributed by atoms with Gasteiger partial charge in [-0.3, -0.25) is 0 Å². The Morgan fingerprint density at radius 2 is 2.12 bits per heavy atom.